The first-order valence-corrected chi connectivity index (χ1v) is 6.41. The van der Waals surface area contributed by atoms with Crippen LogP contribution in [-0.2, 0) is 12.6 Å². The fourth-order valence-corrected chi connectivity index (χ4v) is 2.36. The van der Waals surface area contributed by atoms with E-state index in [-0.39, 0.29) is 5.82 Å². The monoisotopic (exact) mass is 277 g/mol. The summed E-state index contributed by atoms with van der Waals surface area (Å²) >= 11 is 0. The fraction of sp³-hybridized carbons (Fsp3) is 0.267. The van der Waals surface area contributed by atoms with Gasteiger partial charge >= 0.3 is 6.18 Å². The zero-order chi connectivity index (χ0) is 14.2. The molecule has 0 unspecified atom stereocenters. The molecule has 0 N–H and O–H groups in total. The third-order valence-electron chi connectivity index (χ3n) is 3.36. The topological polar surface area (TPSA) is 25.8 Å². The number of fused-ring (bicyclic) bond motifs is 1. The van der Waals surface area contributed by atoms with E-state index in [9.17, 15) is 13.2 Å². The molecule has 2 aromatic rings. The van der Waals surface area contributed by atoms with Crippen LogP contribution in [-0.4, -0.2) is 9.97 Å². The van der Waals surface area contributed by atoms with Crippen LogP contribution in [0, 0.1) is 6.42 Å². The highest BCUT2D eigenvalue weighted by atomic mass is 19.4. The molecule has 3 rings (SSSR count). The summed E-state index contributed by atoms with van der Waals surface area (Å²) in [6, 6.07) is 6.48. The predicted molar refractivity (Wildman–Crippen MR) is 68.8 cm³/mol. The number of hydrogen-bond acceptors (Lipinski definition) is 2. The van der Waals surface area contributed by atoms with Crippen LogP contribution in [0.3, 0.4) is 0 Å². The molecular weight excluding hydrogens is 265 g/mol. The molecule has 0 spiro atoms. The second-order valence-electron chi connectivity index (χ2n) is 4.77. The minimum Gasteiger partial charge on any atom is -0.237 e. The standard InChI is InChI=1S/C15H12F3N2/c16-15(17,18)13-7-8-19-14(20-13)12-6-5-10-3-1-2-4-11(10)9-12/h4-9H,1-3H2. The van der Waals surface area contributed by atoms with Gasteiger partial charge in [0.1, 0.15) is 5.69 Å². The average molecular weight is 277 g/mol. The van der Waals surface area contributed by atoms with Crippen molar-refractivity contribution in [2.24, 2.45) is 0 Å². The zero-order valence-corrected chi connectivity index (χ0v) is 10.6. The molecule has 0 bridgehead atoms. The molecule has 1 aromatic heterocycles. The molecule has 5 heteroatoms. The van der Waals surface area contributed by atoms with E-state index in [0.717, 1.165) is 37.1 Å². The Labute approximate surface area is 114 Å². The van der Waals surface area contributed by atoms with Gasteiger partial charge in [-0.25, -0.2) is 9.97 Å². The lowest BCUT2D eigenvalue weighted by Crippen LogP contribution is -2.09. The second kappa shape index (κ2) is 4.89. The van der Waals surface area contributed by atoms with Gasteiger partial charge in [-0.1, -0.05) is 12.1 Å². The van der Waals surface area contributed by atoms with Gasteiger partial charge in [-0.15, -0.1) is 0 Å². The van der Waals surface area contributed by atoms with Crippen LogP contribution in [0.4, 0.5) is 13.2 Å². The van der Waals surface area contributed by atoms with Crippen molar-refractivity contribution < 1.29 is 13.2 Å². The number of aromatic nitrogens is 2. The van der Waals surface area contributed by atoms with Crippen molar-refractivity contribution in [3.05, 3.63) is 53.7 Å². The number of benzene rings is 1. The van der Waals surface area contributed by atoms with Gasteiger partial charge in [0.25, 0.3) is 0 Å². The van der Waals surface area contributed by atoms with Crippen LogP contribution in [0.2, 0.25) is 0 Å². The van der Waals surface area contributed by atoms with E-state index in [1.54, 1.807) is 6.07 Å². The smallest absolute Gasteiger partial charge is 0.237 e. The van der Waals surface area contributed by atoms with Gasteiger partial charge in [0.15, 0.2) is 5.82 Å². The quantitative estimate of drug-likeness (QED) is 0.785. The van der Waals surface area contributed by atoms with Crippen molar-refractivity contribution in [1.29, 1.82) is 0 Å². The molecule has 0 aliphatic heterocycles. The minimum absolute atomic E-state index is 0.113. The number of halogens is 3. The molecule has 2 nitrogen and oxygen atoms in total. The molecule has 0 fully saturated rings. The highest BCUT2D eigenvalue weighted by molar-refractivity contribution is 5.59. The largest absolute Gasteiger partial charge is 0.433 e. The predicted octanol–water partition coefficient (Wildman–Crippen LogP) is 4.05. The van der Waals surface area contributed by atoms with E-state index in [1.165, 1.54) is 5.56 Å². The summed E-state index contributed by atoms with van der Waals surface area (Å²) in [4.78, 5) is 7.56. The highest BCUT2D eigenvalue weighted by Crippen LogP contribution is 2.30. The Morgan fingerprint density at radius 3 is 2.75 bits per heavy atom. The van der Waals surface area contributed by atoms with Crippen molar-refractivity contribution in [3.8, 4) is 11.4 Å². The third kappa shape index (κ3) is 2.53. The molecular formula is C15H12F3N2. The molecule has 103 valence electrons. The Balaban J connectivity index is 2.01. The van der Waals surface area contributed by atoms with E-state index >= 15 is 0 Å². The molecule has 0 saturated heterocycles. The second-order valence-corrected chi connectivity index (χ2v) is 4.77. The summed E-state index contributed by atoms with van der Waals surface area (Å²) in [6.07, 6.45) is 1.93. The number of alkyl halides is 3. The summed E-state index contributed by atoms with van der Waals surface area (Å²) in [5, 5.41) is 0. The van der Waals surface area contributed by atoms with Gasteiger partial charge in [-0.3, -0.25) is 0 Å². The van der Waals surface area contributed by atoms with E-state index in [0.29, 0.717) is 5.56 Å². The van der Waals surface area contributed by atoms with Crippen molar-refractivity contribution >= 4 is 0 Å². The number of nitrogens with zero attached hydrogens (tertiary/aromatic N) is 2. The Kier molecular flexibility index (Phi) is 3.20. The Morgan fingerprint density at radius 2 is 1.95 bits per heavy atom. The molecule has 1 radical (unpaired) electrons. The normalized spacial score (nSPS) is 14.9. The highest BCUT2D eigenvalue weighted by Gasteiger charge is 2.32. The molecule has 1 heterocycles. The van der Waals surface area contributed by atoms with Crippen LogP contribution in [0.1, 0.15) is 29.7 Å². The van der Waals surface area contributed by atoms with E-state index in [2.05, 4.69) is 16.4 Å². The summed E-state index contributed by atoms with van der Waals surface area (Å²) in [6.45, 7) is 0. The maximum absolute atomic E-state index is 12.7. The number of rotatable bonds is 1. The maximum atomic E-state index is 12.7. The minimum atomic E-state index is -4.45. The lowest BCUT2D eigenvalue weighted by molar-refractivity contribution is -0.141. The Hall–Kier alpha value is -1.91. The summed E-state index contributed by atoms with van der Waals surface area (Å²) in [5.41, 5.74) is 2.01. The van der Waals surface area contributed by atoms with Crippen molar-refractivity contribution in [1.82, 2.24) is 9.97 Å². The fourth-order valence-electron chi connectivity index (χ4n) is 2.36. The van der Waals surface area contributed by atoms with Crippen molar-refractivity contribution in [2.45, 2.75) is 25.4 Å². The van der Waals surface area contributed by atoms with Gasteiger partial charge < -0.3 is 0 Å². The Morgan fingerprint density at radius 1 is 1.10 bits per heavy atom. The lowest BCUT2D eigenvalue weighted by Gasteiger charge is -2.16. The van der Waals surface area contributed by atoms with E-state index < -0.39 is 11.9 Å². The molecule has 0 atom stereocenters. The van der Waals surface area contributed by atoms with Gasteiger partial charge in [-0.2, -0.15) is 13.2 Å². The first-order chi connectivity index (χ1) is 9.54. The lowest BCUT2D eigenvalue weighted by atomic mass is 9.90. The van der Waals surface area contributed by atoms with E-state index in [1.807, 2.05) is 12.1 Å². The van der Waals surface area contributed by atoms with Crippen LogP contribution in [0.15, 0.2) is 30.5 Å². The van der Waals surface area contributed by atoms with Crippen LogP contribution < -0.4 is 0 Å². The molecule has 0 saturated carbocycles. The third-order valence-corrected chi connectivity index (χ3v) is 3.36. The Bertz CT molecular complexity index is 635. The maximum Gasteiger partial charge on any atom is 0.433 e. The van der Waals surface area contributed by atoms with Crippen LogP contribution in [0.25, 0.3) is 11.4 Å². The zero-order valence-electron chi connectivity index (χ0n) is 10.6. The van der Waals surface area contributed by atoms with Crippen molar-refractivity contribution in [2.75, 3.05) is 0 Å². The van der Waals surface area contributed by atoms with Crippen LogP contribution in [0.5, 0.6) is 0 Å². The molecule has 1 aromatic carbocycles. The molecule has 1 aliphatic carbocycles. The van der Waals surface area contributed by atoms with Gasteiger partial charge in [-0.05, 0) is 48.9 Å². The van der Waals surface area contributed by atoms with Gasteiger partial charge in [0.2, 0.25) is 0 Å². The number of hydrogen-bond donors (Lipinski definition) is 0. The van der Waals surface area contributed by atoms with Crippen LogP contribution >= 0.6 is 0 Å². The molecule has 20 heavy (non-hydrogen) atoms. The summed E-state index contributed by atoms with van der Waals surface area (Å²) < 4.78 is 38.0. The molecule has 0 amide bonds. The average Bonchev–Trinajstić information content (AvgIpc) is 2.46. The first-order valence-electron chi connectivity index (χ1n) is 6.41. The number of aryl methyl sites for hydroxylation is 1. The van der Waals surface area contributed by atoms with E-state index in [4.69, 9.17) is 0 Å². The first kappa shape index (κ1) is 13.1. The van der Waals surface area contributed by atoms with Crippen molar-refractivity contribution in [3.63, 3.8) is 0 Å². The van der Waals surface area contributed by atoms with Gasteiger partial charge in [0.05, 0.1) is 0 Å². The van der Waals surface area contributed by atoms with Gasteiger partial charge in [0, 0.05) is 11.8 Å². The summed E-state index contributed by atoms with van der Waals surface area (Å²) in [5.74, 6) is 0.113. The summed E-state index contributed by atoms with van der Waals surface area (Å²) in [7, 11) is 0. The SMILES string of the molecule is FC(F)(F)c1ccnc(-c2ccc3c(c2)[CH]CCC3)n1. The molecule has 1 aliphatic rings.